The first kappa shape index (κ1) is 20.3. The van der Waals surface area contributed by atoms with Crippen molar-refractivity contribution in [2.24, 2.45) is 0 Å². The number of ether oxygens (including phenoxy) is 1. The van der Waals surface area contributed by atoms with Crippen LogP contribution >= 0.6 is 15.9 Å². The molecule has 0 saturated carbocycles. The largest absolute Gasteiger partial charge is 0.495 e. The fourth-order valence-electron chi connectivity index (χ4n) is 2.63. The second-order valence-corrected chi connectivity index (χ2v) is 7.01. The van der Waals surface area contributed by atoms with Crippen molar-refractivity contribution in [3.05, 3.63) is 87.3 Å². The van der Waals surface area contributed by atoms with Crippen molar-refractivity contribution in [2.75, 3.05) is 17.7 Å². The van der Waals surface area contributed by atoms with Gasteiger partial charge >= 0.3 is 0 Å². The van der Waals surface area contributed by atoms with Crippen LogP contribution in [0.5, 0.6) is 5.75 Å². The molecule has 0 saturated heterocycles. The van der Waals surface area contributed by atoms with Crippen molar-refractivity contribution in [2.45, 2.75) is 6.54 Å². The molecular weight excluding hydrogens is 438 g/mol. The van der Waals surface area contributed by atoms with E-state index >= 15 is 0 Å². The van der Waals surface area contributed by atoms with Crippen LogP contribution in [0.15, 0.2) is 76.1 Å². The molecule has 7 nitrogen and oxygen atoms in total. The second kappa shape index (κ2) is 9.20. The maximum Gasteiger partial charge on any atom is 0.255 e. The highest BCUT2D eigenvalue weighted by Gasteiger charge is 2.10. The predicted molar refractivity (Wildman–Crippen MR) is 114 cm³/mol. The van der Waals surface area contributed by atoms with Gasteiger partial charge in [-0.3, -0.25) is 14.4 Å². The van der Waals surface area contributed by atoms with E-state index < -0.39 is 0 Å². The van der Waals surface area contributed by atoms with Crippen molar-refractivity contribution < 1.29 is 14.3 Å². The van der Waals surface area contributed by atoms with Gasteiger partial charge in [-0.25, -0.2) is 0 Å². The molecule has 0 fully saturated rings. The summed E-state index contributed by atoms with van der Waals surface area (Å²) in [5.41, 5.74) is 1.24. The van der Waals surface area contributed by atoms with E-state index in [0.29, 0.717) is 27.2 Å². The van der Waals surface area contributed by atoms with Crippen molar-refractivity contribution in [3.63, 3.8) is 0 Å². The van der Waals surface area contributed by atoms with Gasteiger partial charge in [0.05, 0.1) is 12.8 Å². The van der Waals surface area contributed by atoms with Gasteiger partial charge in [0.1, 0.15) is 12.3 Å². The van der Waals surface area contributed by atoms with E-state index in [1.165, 1.54) is 17.7 Å². The fourth-order valence-corrected chi connectivity index (χ4v) is 3.01. The van der Waals surface area contributed by atoms with E-state index in [-0.39, 0.29) is 23.9 Å². The summed E-state index contributed by atoms with van der Waals surface area (Å²) >= 11 is 3.27. The Morgan fingerprint density at radius 1 is 1.00 bits per heavy atom. The molecular formula is C21H18BrN3O4. The van der Waals surface area contributed by atoms with Crippen LogP contribution in [0.4, 0.5) is 11.4 Å². The van der Waals surface area contributed by atoms with Crippen LogP contribution in [0.2, 0.25) is 0 Å². The van der Waals surface area contributed by atoms with Crippen LogP contribution in [-0.2, 0) is 11.3 Å². The van der Waals surface area contributed by atoms with Gasteiger partial charge in [0, 0.05) is 28.0 Å². The zero-order valence-electron chi connectivity index (χ0n) is 15.5. The standard InChI is InChI=1S/C21H18BrN3O4/c1-29-18-5-3-2-4-17(18)24-21(28)14-6-9-16(10-7-14)23-19(26)13-25-12-15(22)8-11-20(25)27/h2-12H,13H2,1H3,(H,23,26)(H,24,28). The highest BCUT2D eigenvalue weighted by molar-refractivity contribution is 9.10. The number of halogens is 1. The van der Waals surface area contributed by atoms with E-state index in [4.69, 9.17) is 4.74 Å². The van der Waals surface area contributed by atoms with Gasteiger partial charge in [0.2, 0.25) is 5.91 Å². The third-order valence-electron chi connectivity index (χ3n) is 4.05. The number of nitrogens with one attached hydrogen (secondary N) is 2. The summed E-state index contributed by atoms with van der Waals surface area (Å²) in [6.45, 7) is -0.117. The molecule has 1 heterocycles. The number of carbonyl (C=O) groups is 2. The summed E-state index contributed by atoms with van der Waals surface area (Å²) in [5, 5.41) is 5.49. The zero-order chi connectivity index (χ0) is 20.8. The lowest BCUT2D eigenvalue weighted by Gasteiger charge is -2.11. The Morgan fingerprint density at radius 2 is 1.72 bits per heavy atom. The minimum absolute atomic E-state index is 0.117. The number of methoxy groups -OCH3 is 1. The third kappa shape index (κ3) is 5.32. The minimum atomic E-state index is -0.351. The Balaban J connectivity index is 1.63. The molecule has 29 heavy (non-hydrogen) atoms. The average molecular weight is 456 g/mol. The molecule has 2 amide bonds. The summed E-state index contributed by atoms with van der Waals surface area (Å²) in [4.78, 5) is 36.4. The maximum atomic E-state index is 12.4. The SMILES string of the molecule is COc1ccccc1NC(=O)c1ccc(NC(=O)Cn2cc(Br)ccc2=O)cc1. The number of aromatic nitrogens is 1. The van der Waals surface area contributed by atoms with Gasteiger partial charge in [-0.15, -0.1) is 0 Å². The number of amides is 2. The summed E-state index contributed by atoms with van der Waals surface area (Å²) in [6.07, 6.45) is 1.55. The Morgan fingerprint density at radius 3 is 2.45 bits per heavy atom. The first-order chi connectivity index (χ1) is 14.0. The highest BCUT2D eigenvalue weighted by atomic mass is 79.9. The number of rotatable bonds is 6. The molecule has 3 rings (SSSR count). The molecule has 3 aromatic rings. The number of pyridine rings is 1. The molecule has 2 N–H and O–H groups in total. The molecule has 8 heteroatoms. The molecule has 1 aromatic heterocycles. The maximum absolute atomic E-state index is 12.4. The summed E-state index contributed by atoms with van der Waals surface area (Å²) < 4.78 is 7.22. The van der Waals surface area contributed by atoms with E-state index in [9.17, 15) is 14.4 Å². The summed E-state index contributed by atoms with van der Waals surface area (Å²) in [5.74, 6) is -0.0861. The third-order valence-corrected chi connectivity index (χ3v) is 4.52. The lowest BCUT2D eigenvalue weighted by atomic mass is 10.2. The fraction of sp³-hybridized carbons (Fsp3) is 0.0952. The van der Waals surface area contributed by atoms with Crippen LogP contribution in [0.3, 0.4) is 0 Å². The van der Waals surface area contributed by atoms with Crippen LogP contribution in [0.1, 0.15) is 10.4 Å². The Hall–Kier alpha value is -3.39. The minimum Gasteiger partial charge on any atom is -0.495 e. The molecule has 0 bridgehead atoms. The molecule has 2 aromatic carbocycles. The van der Waals surface area contributed by atoms with Gasteiger partial charge in [-0.05, 0) is 58.4 Å². The van der Waals surface area contributed by atoms with E-state index in [1.54, 1.807) is 54.7 Å². The lowest BCUT2D eigenvalue weighted by molar-refractivity contribution is -0.116. The number of anilines is 2. The normalized spacial score (nSPS) is 10.3. The monoisotopic (exact) mass is 455 g/mol. The quantitative estimate of drug-likeness (QED) is 0.594. The van der Waals surface area contributed by atoms with Gasteiger partial charge in [0.25, 0.3) is 11.5 Å². The second-order valence-electron chi connectivity index (χ2n) is 6.09. The number of nitrogens with zero attached hydrogens (tertiary/aromatic N) is 1. The molecule has 0 aliphatic heterocycles. The van der Waals surface area contributed by atoms with Gasteiger partial charge < -0.3 is 19.9 Å². The van der Waals surface area contributed by atoms with Crippen LogP contribution < -0.4 is 20.9 Å². The van der Waals surface area contributed by atoms with Crippen molar-refractivity contribution in [1.29, 1.82) is 0 Å². The summed E-state index contributed by atoms with van der Waals surface area (Å²) in [6, 6.07) is 16.6. The molecule has 0 spiro atoms. The Labute approximate surface area is 175 Å². The van der Waals surface area contributed by atoms with E-state index in [0.717, 1.165) is 0 Å². The van der Waals surface area contributed by atoms with Crippen molar-refractivity contribution in [1.82, 2.24) is 4.57 Å². The lowest BCUT2D eigenvalue weighted by Crippen LogP contribution is -2.26. The first-order valence-corrected chi connectivity index (χ1v) is 9.46. The number of para-hydroxylation sites is 2. The number of carbonyl (C=O) groups excluding carboxylic acids is 2. The zero-order valence-corrected chi connectivity index (χ0v) is 17.1. The molecule has 0 aliphatic rings. The van der Waals surface area contributed by atoms with E-state index in [2.05, 4.69) is 26.6 Å². The molecule has 0 aliphatic carbocycles. The van der Waals surface area contributed by atoms with Crippen LogP contribution in [-0.4, -0.2) is 23.5 Å². The van der Waals surface area contributed by atoms with Crippen LogP contribution in [0, 0.1) is 0 Å². The molecule has 0 unspecified atom stereocenters. The first-order valence-electron chi connectivity index (χ1n) is 8.66. The van der Waals surface area contributed by atoms with Gasteiger partial charge in [-0.1, -0.05) is 12.1 Å². The van der Waals surface area contributed by atoms with Crippen molar-refractivity contribution in [3.8, 4) is 5.75 Å². The molecule has 0 atom stereocenters. The van der Waals surface area contributed by atoms with Crippen molar-refractivity contribution >= 4 is 39.1 Å². The smallest absolute Gasteiger partial charge is 0.255 e. The summed E-state index contributed by atoms with van der Waals surface area (Å²) in [7, 11) is 1.53. The number of hydrogen-bond acceptors (Lipinski definition) is 4. The number of benzene rings is 2. The molecule has 0 radical (unpaired) electrons. The van der Waals surface area contributed by atoms with E-state index in [1.807, 2.05) is 6.07 Å². The Bertz CT molecular complexity index is 1090. The highest BCUT2D eigenvalue weighted by Crippen LogP contribution is 2.23. The van der Waals surface area contributed by atoms with Crippen LogP contribution in [0.25, 0.3) is 0 Å². The predicted octanol–water partition coefficient (Wildman–Crippen LogP) is 3.51. The Kier molecular flexibility index (Phi) is 6.46. The number of hydrogen-bond donors (Lipinski definition) is 2. The average Bonchev–Trinajstić information content (AvgIpc) is 2.71. The molecule has 148 valence electrons. The topological polar surface area (TPSA) is 89.4 Å². The van der Waals surface area contributed by atoms with Gasteiger partial charge in [0.15, 0.2) is 0 Å². The van der Waals surface area contributed by atoms with Gasteiger partial charge in [-0.2, -0.15) is 0 Å².